The molecule has 1 fully saturated rings. The van der Waals surface area contributed by atoms with Crippen LogP contribution in [-0.2, 0) is 22.6 Å². The SMILES string of the molecule is O=C([O-])C1CC[NH+](CC(=O)N2CCc3ccccc3C2)CC1. The quantitative estimate of drug-likeness (QED) is 0.748. The topological polar surface area (TPSA) is 64.9 Å². The third-order valence-corrected chi connectivity index (χ3v) is 4.91. The number of amides is 1. The van der Waals surface area contributed by atoms with Gasteiger partial charge in [0.1, 0.15) is 0 Å². The summed E-state index contributed by atoms with van der Waals surface area (Å²) in [5, 5.41) is 10.9. The maximum absolute atomic E-state index is 12.5. The van der Waals surface area contributed by atoms with Crippen molar-refractivity contribution in [3.8, 4) is 0 Å². The molecule has 5 nitrogen and oxygen atoms in total. The molecule has 1 N–H and O–H groups in total. The van der Waals surface area contributed by atoms with E-state index >= 15 is 0 Å². The number of aliphatic carboxylic acids is 1. The molecule has 0 atom stereocenters. The number of nitrogens with one attached hydrogen (secondary N) is 1. The van der Waals surface area contributed by atoms with E-state index in [-0.39, 0.29) is 11.8 Å². The normalized spacial score (nSPS) is 24.6. The van der Waals surface area contributed by atoms with E-state index in [9.17, 15) is 14.7 Å². The van der Waals surface area contributed by atoms with Crippen LogP contribution in [0.15, 0.2) is 24.3 Å². The summed E-state index contributed by atoms with van der Waals surface area (Å²) in [5.41, 5.74) is 2.58. The third-order valence-electron chi connectivity index (χ3n) is 4.91. The van der Waals surface area contributed by atoms with Crippen LogP contribution in [0.5, 0.6) is 0 Å². The molecule has 5 heteroatoms. The van der Waals surface area contributed by atoms with E-state index in [4.69, 9.17) is 0 Å². The molecule has 0 spiro atoms. The summed E-state index contributed by atoms with van der Waals surface area (Å²) in [6.07, 6.45) is 2.16. The van der Waals surface area contributed by atoms with Gasteiger partial charge in [-0.05, 0) is 17.5 Å². The van der Waals surface area contributed by atoms with Crippen LogP contribution in [0.25, 0.3) is 0 Å². The summed E-state index contributed by atoms with van der Waals surface area (Å²) in [5.74, 6) is -1.10. The van der Waals surface area contributed by atoms with E-state index in [1.165, 1.54) is 16.0 Å². The number of hydrogen-bond donors (Lipinski definition) is 1. The molecule has 2 heterocycles. The second-order valence-corrected chi connectivity index (χ2v) is 6.35. The average molecular weight is 302 g/mol. The zero-order chi connectivity index (χ0) is 15.5. The number of likely N-dealkylation sites (tertiary alicyclic amines) is 1. The Labute approximate surface area is 130 Å². The van der Waals surface area contributed by atoms with Crippen molar-refractivity contribution >= 4 is 11.9 Å². The molecule has 22 heavy (non-hydrogen) atoms. The van der Waals surface area contributed by atoms with Gasteiger partial charge in [-0.15, -0.1) is 0 Å². The summed E-state index contributed by atoms with van der Waals surface area (Å²) in [6.45, 7) is 3.44. The molecule has 1 aromatic carbocycles. The number of nitrogens with zero attached hydrogens (tertiary/aromatic N) is 1. The monoisotopic (exact) mass is 302 g/mol. The van der Waals surface area contributed by atoms with Crippen LogP contribution in [0.3, 0.4) is 0 Å². The Morgan fingerprint density at radius 1 is 1.18 bits per heavy atom. The van der Waals surface area contributed by atoms with Crippen molar-refractivity contribution in [1.29, 1.82) is 0 Å². The molecular formula is C17H22N2O3. The average Bonchev–Trinajstić information content (AvgIpc) is 2.55. The van der Waals surface area contributed by atoms with E-state index in [2.05, 4.69) is 12.1 Å². The highest BCUT2D eigenvalue weighted by atomic mass is 16.4. The smallest absolute Gasteiger partial charge is 0.278 e. The van der Waals surface area contributed by atoms with Gasteiger partial charge in [0.2, 0.25) is 0 Å². The largest absolute Gasteiger partial charge is 0.550 e. The zero-order valence-corrected chi connectivity index (χ0v) is 12.7. The van der Waals surface area contributed by atoms with E-state index in [0.29, 0.717) is 25.9 Å². The minimum absolute atomic E-state index is 0.177. The molecule has 1 aromatic rings. The lowest BCUT2D eigenvalue weighted by molar-refractivity contribution is -0.898. The fraction of sp³-hybridized carbons (Fsp3) is 0.529. The molecule has 1 saturated heterocycles. The Bertz CT molecular complexity index is 565. The van der Waals surface area contributed by atoms with Crippen molar-refractivity contribution in [2.24, 2.45) is 5.92 Å². The van der Waals surface area contributed by atoms with Gasteiger partial charge in [0.05, 0.1) is 13.1 Å². The second kappa shape index (κ2) is 6.48. The number of benzene rings is 1. The number of hydrogen-bond acceptors (Lipinski definition) is 3. The molecule has 0 radical (unpaired) electrons. The summed E-state index contributed by atoms with van der Waals surface area (Å²) in [4.78, 5) is 26.4. The van der Waals surface area contributed by atoms with Gasteiger partial charge in [-0.1, -0.05) is 24.3 Å². The van der Waals surface area contributed by atoms with E-state index in [1.807, 2.05) is 17.0 Å². The molecule has 2 aliphatic heterocycles. The first-order valence-corrected chi connectivity index (χ1v) is 8.02. The van der Waals surface area contributed by atoms with Gasteiger partial charge >= 0.3 is 0 Å². The number of carbonyl (C=O) groups is 2. The van der Waals surface area contributed by atoms with Gasteiger partial charge < -0.3 is 19.7 Å². The summed E-state index contributed by atoms with van der Waals surface area (Å²) >= 11 is 0. The Balaban J connectivity index is 1.52. The van der Waals surface area contributed by atoms with E-state index in [0.717, 1.165) is 26.1 Å². The first-order chi connectivity index (χ1) is 10.6. The van der Waals surface area contributed by atoms with Gasteiger partial charge in [-0.3, -0.25) is 4.79 Å². The van der Waals surface area contributed by atoms with Crippen molar-refractivity contribution in [2.75, 3.05) is 26.2 Å². The molecule has 3 rings (SSSR count). The van der Waals surface area contributed by atoms with Crippen LogP contribution in [-0.4, -0.2) is 43.0 Å². The van der Waals surface area contributed by atoms with Crippen LogP contribution in [0.1, 0.15) is 24.0 Å². The minimum Gasteiger partial charge on any atom is -0.550 e. The molecule has 0 bridgehead atoms. The maximum Gasteiger partial charge on any atom is 0.278 e. The molecular weight excluding hydrogens is 280 g/mol. The minimum atomic E-state index is -0.946. The molecule has 0 unspecified atom stereocenters. The van der Waals surface area contributed by atoms with Crippen LogP contribution in [0.4, 0.5) is 0 Å². The van der Waals surface area contributed by atoms with Crippen molar-refractivity contribution < 1.29 is 19.6 Å². The lowest BCUT2D eigenvalue weighted by atomic mass is 9.97. The van der Waals surface area contributed by atoms with Crippen LogP contribution in [0.2, 0.25) is 0 Å². The first-order valence-electron chi connectivity index (χ1n) is 8.02. The summed E-state index contributed by atoms with van der Waals surface area (Å²) in [7, 11) is 0. The number of quaternary nitrogens is 1. The predicted octanol–water partition coefficient (Wildman–Crippen LogP) is -1.38. The van der Waals surface area contributed by atoms with Crippen molar-refractivity contribution in [1.82, 2.24) is 4.90 Å². The second-order valence-electron chi connectivity index (χ2n) is 6.35. The van der Waals surface area contributed by atoms with E-state index in [1.54, 1.807) is 0 Å². The van der Waals surface area contributed by atoms with Gasteiger partial charge in [0.15, 0.2) is 6.54 Å². The Morgan fingerprint density at radius 3 is 2.55 bits per heavy atom. The first kappa shape index (κ1) is 15.0. The fourth-order valence-corrected chi connectivity index (χ4v) is 3.47. The number of carboxylic acid groups (broad SMARTS) is 1. The third kappa shape index (κ3) is 3.30. The fourth-order valence-electron chi connectivity index (χ4n) is 3.47. The van der Waals surface area contributed by atoms with E-state index < -0.39 is 5.97 Å². The predicted molar refractivity (Wildman–Crippen MR) is 78.9 cm³/mol. The molecule has 2 aliphatic rings. The lowest BCUT2D eigenvalue weighted by Crippen LogP contribution is -3.14. The number of fused-ring (bicyclic) bond motifs is 1. The molecule has 0 saturated carbocycles. The Kier molecular flexibility index (Phi) is 4.43. The highest BCUT2D eigenvalue weighted by Crippen LogP contribution is 2.18. The summed E-state index contributed by atoms with van der Waals surface area (Å²) < 4.78 is 0. The Hall–Kier alpha value is -1.88. The zero-order valence-electron chi connectivity index (χ0n) is 12.7. The van der Waals surface area contributed by atoms with Crippen molar-refractivity contribution in [3.05, 3.63) is 35.4 Å². The molecule has 118 valence electrons. The maximum atomic E-state index is 12.5. The van der Waals surface area contributed by atoms with Gasteiger partial charge in [0, 0.05) is 37.8 Å². The highest BCUT2D eigenvalue weighted by Gasteiger charge is 2.27. The lowest BCUT2D eigenvalue weighted by Gasteiger charge is -2.33. The van der Waals surface area contributed by atoms with Gasteiger partial charge in [0.25, 0.3) is 5.91 Å². The molecule has 0 aromatic heterocycles. The van der Waals surface area contributed by atoms with Crippen LogP contribution < -0.4 is 10.0 Å². The van der Waals surface area contributed by atoms with Crippen molar-refractivity contribution in [3.63, 3.8) is 0 Å². The standard InChI is InChI=1S/C17H22N2O3/c20-16(12-18-8-5-14(6-9-18)17(21)22)19-10-7-13-3-1-2-4-15(13)11-19/h1-4,14H,5-12H2,(H,21,22). The van der Waals surface area contributed by atoms with Crippen molar-refractivity contribution in [2.45, 2.75) is 25.8 Å². The van der Waals surface area contributed by atoms with Gasteiger partial charge in [-0.25, -0.2) is 0 Å². The summed E-state index contributed by atoms with van der Waals surface area (Å²) in [6, 6.07) is 8.28. The number of carboxylic acids is 1. The Morgan fingerprint density at radius 2 is 1.86 bits per heavy atom. The van der Waals surface area contributed by atoms with Crippen LogP contribution in [0, 0.1) is 5.92 Å². The molecule has 0 aliphatic carbocycles. The van der Waals surface area contributed by atoms with Gasteiger partial charge in [-0.2, -0.15) is 0 Å². The number of piperidine rings is 1. The van der Waals surface area contributed by atoms with Crippen LogP contribution >= 0.6 is 0 Å². The number of rotatable bonds is 3. The number of carbonyl (C=O) groups excluding carboxylic acids is 2. The highest BCUT2D eigenvalue weighted by molar-refractivity contribution is 5.77. The molecule has 1 amide bonds.